The van der Waals surface area contributed by atoms with Gasteiger partial charge in [0, 0.05) is 49.4 Å². The summed E-state index contributed by atoms with van der Waals surface area (Å²) in [6.45, 7) is -0.312. The van der Waals surface area contributed by atoms with E-state index in [-0.39, 0.29) is 36.5 Å². The third-order valence-corrected chi connectivity index (χ3v) is 5.18. The Kier molecular flexibility index (Phi) is 5.40. The number of carbonyl (C=O) groups excluding carboxylic acids is 1. The highest BCUT2D eigenvalue weighted by Crippen LogP contribution is 2.32. The molecule has 3 aromatic rings. The third-order valence-electron chi connectivity index (χ3n) is 5.18. The average molecular weight is 437 g/mol. The molecule has 3 heterocycles. The number of nitrogens with zero attached hydrogens (tertiary/aromatic N) is 4. The Morgan fingerprint density at radius 2 is 2.13 bits per heavy atom. The second-order valence-electron chi connectivity index (χ2n) is 7.39. The molecule has 1 aliphatic rings. The molecule has 1 amide bonds. The maximum absolute atomic E-state index is 15.4. The molecule has 2 N–H and O–H groups in total. The maximum Gasteiger partial charge on any atom is 0.415 e. The first-order valence-electron chi connectivity index (χ1n) is 9.45. The lowest BCUT2D eigenvalue weighted by molar-refractivity contribution is -0.237. The van der Waals surface area contributed by atoms with Crippen molar-refractivity contribution in [3.05, 3.63) is 47.7 Å². The highest BCUT2D eigenvalue weighted by Gasteiger charge is 2.43. The van der Waals surface area contributed by atoms with E-state index in [4.69, 9.17) is 10.5 Å². The summed E-state index contributed by atoms with van der Waals surface area (Å²) >= 11 is 0. The number of carbonyl (C=O) groups is 1. The Bertz CT molecular complexity index is 1140. The first kappa shape index (κ1) is 21.2. The monoisotopic (exact) mass is 437 g/mol. The zero-order valence-electron chi connectivity index (χ0n) is 16.5. The number of nitrogens with two attached hydrogens (primary N) is 1. The minimum absolute atomic E-state index is 0.0532. The number of hydrogen-bond donors (Lipinski definition) is 1. The van der Waals surface area contributed by atoms with Crippen molar-refractivity contribution in [1.29, 1.82) is 0 Å². The molecule has 4 rings (SSSR count). The van der Waals surface area contributed by atoms with Gasteiger partial charge in [-0.2, -0.15) is 18.3 Å². The van der Waals surface area contributed by atoms with Gasteiger partial charge in [-0.1, -0.05) is 12.1 Å². The lowest BCUT2D eigenvalue weighted by atomic mass is 10.00. The molecule has 1 saturated heterocycles. The van der Waals surface area contributed by atoms with Gasteiger partial charge in [-0.05, 0) is 11.6 Å². The summed E-state index contributed by atoms with van der Waals surface area (Å²) in [6, 6.07) is 4.62. The highest BCUT2D eigenvalue weighted by atomic mass is 19.4. The van der Waals surface area contributed by atoms with E-state index in [0.717, 1.165) is 0 Å². The molecule has 0 spiro atoms. The van der Waals surface area contributed by atoms with E-state index in [1.165, 1.54) is 17.0 Å². The minimum atomic E-state index is -4.49. The van der Waals surface area contributed by atoms with E-state index in [1.54, 1.807) is 30.2 Å². The number of halogens is 4. The van der Waals surface area contributed by atoms with Crippen molar-refractivity contribution in [3.63, 3.8) is 0 Å². The second-order valence-corrected chi connectivity index (χ2v) is 7.39. The SMILES string of the molecule is Cn1cc(-c2cc(C(N)=O)nc3c(F)c(CN4CCO[C@@H](C(F)(F)F)C4)ccc23)cn1. The molecular weight excluding hydrogens is 418 g/mol. The van der Waals surface area contributed by atoms with Crippen LogP contribution >= 0.6 is 0 Å². The summed E-state index contributed by atoms with van der Waals surface area (Å²) in [6.07, 6.45) is -3.13. The van der Waals surface area contributed by atoms with Crippen LogP contribution in [0, 0.1) is 5.82 Å². The van der Waals surface area contributed by atoms with Crippen molar-refractivity contribution >= 4 is 16.8 Å². The molecule has 7 nitrogen and oxygen atoms in total. The van der Waals surface area contributed by atoms with E-state index >= 15 is 4.39 Å². The van der Waals surface area contributed by atoms with Crippen molar-refractivity contribution in [2.45, 2.75) is 18.8 Å². The number of rotatable bonds is 4. The standard InChI is InChI=1S/C20H19F4N5O2/c1-28-8-12(7-26-28)14-6-15(19(25)30)27-18-13(14)3-2-11(17(18)21)9-29-4-5-31-16(10-29)20(22,23)24/h2-3,6-8,16H,4-5,9-10H2,1H3,(H2,25,30)/t16-/m1/s1. The van der Waals surface area contributed by atoms with Gasteiger partial charge in [-0.3, -0.25) is 14.4 Å². The summed E-state index contributed by atoms with van der Waals surface area (Å²) < 4.78 is 60.7. The number of aryl methyl sites for hydroxylation is 1. The van der Waals surface area contributed by atoms with E-state index < -0.39 is 30.5 Å². The predicted octanol–water partition coefficient (Wildman–Crippen LogP) is 2.64. The maximum atomic E-state index is 15.4. The molecule has 11 heteroatoms. The highest BCUT2D eigenvalue weighted by molar-refractivity contribution is 6.01. The quantitative estimate of drug-likeness (QED) is 0.635. The van der Waals surface area contributed by atoms with Crippen molar-refractivity contribution in [2.24, 2.45) is 12.8 Å². The Hall–Kier alpha value is -3.05. The number of alkyl halides is 3. The fourth-order valence-corrected chi connectivity index (χ4v) is 3.63. The van der Waals surface area contributed by atoms with E-state index in [2.05, 4.69) is 10.1 Å². The average Bonchev–Trinajstić information content (AvgIpc) is 3.15. The molecular formula is C20H19F4N5O2. The van der Waals surface area contributed by atoms with Crippen LogP contribution in [0.5, 0.6) is 0 Å². The second kappa shape index (κ2) is 7.89. The number of hydrogen-bond acceptors (Lipinski definition) is 5. The lowest BCUT2D eigenvalue weighted by Crippen LogP contribution is -2.48. The number of pyridine rings is 1. The van der Waals surface area contributed by atoms with Crippen molar-refractivity contribution in [1.82, 2.24) is 19.7 Å². The molecule has 1 aromatic carbocycles. The summed E-state index contributed by atoms with van der Waals surface area (Å²) in [7, 11) is 1.72. The van der Waals surface area contributed by atoms with E-state index in [0.29, 0.717) is 16.5 Å². The molecule has 31 heavy (non-hydrogen) atoms. The van der Waals surface area contributed by atoms with Crippen LogP contribution in [0.2, 0.25) is 0 Å². The Balaban J connectivity index is 1.74. The van der Waals surface area contributed by atoms with E-state index in [9.17, 15) is 18.0 Å². The van der Waals surface area contributed by atoms with Crippen LogP contribution in [0.4, 0.5) is 17.6 Å². The van der Waals surface area contributed by atoms with Gasteiger partial charge < -0.3 is 10.5 Å². The third kappa shape index (κ3) is 4.23. The van der Waals surface area contributed by atoms with Gasteiger partial charge in [0.05, 0.1) is 12.8 Å². The number of morpholine rings is 1. The molecule has 164 valence electrons. The largest absolute Gasteiger partial charge is 0.415 e. The number of primary amides is 1. The topological polar surface area (TPSA) is 86.3 Å². The van der Waals surface area contributed by atoms with Crippen LogP contribution in [0.15, 0.2) is 30.6 Å². The fourth-order valence-electron chi connectivity index (χ4n) is 3.63. The first-order chi connectivity index (χ1) is 14.6. The normalized spacial score (nSPS) is 17.9. The van der Waals surface area contributed by atoms with Crippen molar-refractivity contribution < 1.29 is 27.1 Å². The summed E-state index contributed by atoms with van der Waals surface area (Å²) in [4.78, 5) is 17.3. The Morgan fingerprint density at radius 3 is 2.77 bits per heavy atom. The molecule has 1 fully saturated rings. The molecule has 2 aromatic heterocycles. The summed E-state index contributed by atoms with van der Waals surface area (Å²) in [5.41, 5.74) is 6.52. The summed E-state index contributed by atoms with van der Waals surface area (Å²) in [5.74, 6) is -1.53. The van der Waals surface area contributed by atoms with Crippen molar-refractivity contribution in [3.8, 4) is 11.1 Å². The number of amides is 1. The lowest BCUT2D eigenvalue weighted by Gasteiger charge is -2.33. The van der Waals surface area contributed by atoms with Crippen LogP contribution in [-0.2, 0) is 18.3 Å². The smallest absolute Gasteiger partial charge is 0.366 e. The fraction of sp³-hybridized carbons (Fsp3) is 0.350. The van der Waals surface area contributed by atoms with Crippen LogP contribution in [0.3, 0.4) is 0 Å². The molecule has 0 aliphatic carbocycles. The van der Waals surface area contributed by atoms with Gasteiger partial charge >= 0.3 is 6.18 Å². The zero-order chi connectivity index (χ0) is 22.3. The number of aromatic nitrogens is 3. The van der Waals surface area contributed by atoms with Crippen molar-refractivity contribution in [2.75, 3.05) is 19.7 Å². The van der Waals surface area contributed by atoms with E-state index in [1.807, 2.05) is 0 Å². The number of benzene rings is 1. The molecule has 0 unspecified atom stereocenters. The summed E-state index contributed by atoms with van der Waals surface area (Å²) in [5, 5.41) is 4.53. The molecule has 0 saturated carbocycles. The molecule has 1 aliphatic heterocycles. The van der Waals surface area contributed by atoms with Gasteiger partial charge in [-0.15, -0.1) is 0 Å². The zero-order valence-corrected chi connectivity index (χ0v) is 16.5. The van der Waals surface area contributed by atoms with Crippen LogP contribution in [-0.4, -0.2) is 57.5 Å². The van der Waals surface area contributed by atoms with Gasteiger partial charge in [0.25, 0.3) is 5.91 Å². The van der Waals surface area contributed by atoms with Crippen LogP contribution in [0.1, 0.15) is 16.1 Å². The van der Waals surface area contributed by atoms with Gasteiger partial charge in [0.15, 0.2) is 11.9 Å². The molecule has 1 atom stereocenters. The van der Waals surface area contributed by atoms with Gasteiger partial charge in [0.2, 0.25) is 0 Å². The Morgan fingerprint density at radius 1 is 1.35 bits per heavy atom. The van der Waals surface area contributed by atoms with Crippen LogP contribution < -0.4 is 5.73 Å². The van der Waals surface area contributed by atoms with Gasteiger partial charge in [-0.25, -0.2) is 9.37 Å². The Labute approximate surface area is 174 Å². The minimum Gasteiger partial charge on any atom is -0.366 e. The van der Waals surface area contributed by atoms with Gasteiger partial charge in [0.1, 0.15) is 11.2 Å². The number of ether oxygens (including phenoxy) is 1. The van der Waals surface area contributed by atoms with Crippen LogP contribution in [0.25, 0.3) is 22.0 Å². The molecule has 0 bridgehead atoms. The first-order valence-corrected chi connectivity index (χ1v) is 9.45. The predicted molar refractivity (Wildman–Crippen MR) is 103 cm³/mol. The molecule has 0 radical (unpaired) electrons. The number of fused-ring (bicyclic) bond motifs is 1.